The maximum atomic E-state index is 12.2. The topological polar surface area (TPSA) is 67.6 Å². The van der Waals surface area contributed by atoms with Crippen molar-refractivity contribution >= 4 is 15.7 Å². The molecule has 1 saturated heterocycles. The summed E-state index contributed by atoms with van der Waals surface area (Å²) in [5.41, 5.74) is 0. The highest BCUT2D eigenvalue weighted by atomic mass is 32.2. The van der Waals surface area contributed by atoms with Crippen LogP contribution in [0.25, 0.3) is 0 Å². The number of aryl methyl sites for hydroxylation is 1. The summed E-state index contributed by atoms with van der Waals surface area (Å²) in [6.07, 6.45) is 2.67. The molecular formula is C16H23NO4S. The van der Waals surface area contributed by atoms with Crippen molar-refractivity contribution in [1.29, 1.82) is 0 Å². The normalized spacial score (nSPS) is 29.5. The van der Waals surface area contributed by atoms with Crippen molar-refractivity contribution in [3.05, 3.63) is 23.7 Å². The average Bonchev–Trinajstić information content (AvgIpc) is 2.89. The molecule has 1 aliphatic carbocycles. The van der Waals surface area contributed by atoms with E-state index in [1.165, 1.54) is 6.42 Å². The van der Waals surface area contributed by atoms with Crippen molar-refractivity contribution in [3.8, 4) is 0 Å². The molecule has 6 heteroatoms. The second-order valence-electron chi connectivity index (χ2n) is 6.69. The Labute approximate surface area is 131 Å². The highest BCUT2D eigenvalue weighted by Crippen LogP contribution is 2.47. The Morgan fingerprint density at radius 3 is 2.73 bits per heavy atom. The van der Waals surface area contributed by atoms with Crippen LogP contribution in [0.5, 0.6) is 0 Å². The first-order valence-electron chi connectivity index (χ1n) is 7.90. The first-order valence-corrected chi connectivity index (χ1v) is 9.72. The number of amides is 1. The zero-order chi connectivity index (χ0) is 15.9. The summed E-state index contributed by atoms with van der Waals surface area (Å²) in [6.45, 7) is 2.21. The average molecular weight is 325 g/mol. The van der Waals surface area contributed by atoms with E-state index in [1.807, 2.05) is 12.1 Å². The summed E-state index contributed by atoms with van der Waals surface area (Å²) >= 11 is 0. The van der Waals surface area contributed by atoms with Crippen molar-refractivity contribution in [1.82, 2.24) is 4.90 Å². The number of furan rings is 1. The maximum Gasteiger partial charge on any atom is 0.223 e. The molecule has 2 aliphatic rings. The predicted molar refractivity (Wildman–Crippen MR) is 83.4 cm³/mol. The van der Waals surface area contributed by atoms with Crippen molar-refractivity contribution in [2.24, 2.45) is 5.92 Å². The van der Waals surface area contributed by atoms with Crippen LogP contribution in [0.4, 0.5) is 0 Å². The second kappa shape index (κ2) is 5.72. The van der Waals surface area contributed by atoms with Gasteiger partial charge >= 0.3 is 0 Å². The van der Waals surface area contributed by atoms with Crippen molar-refractivity contribution < 1.29 is 17.6 Å². The number of sulfone groups is 1. The summed E-state index contributed by atoms with van der Waals surface area (Å²) in [7, 11) is -1.26. The summed E-state index contributed by atoms with van der Waals surface area (Å²) in [6, 6.07) is 3.80. The Kier molecular flexibility index (Phi) is 4.05. The monoisotopic (exact) mass is 325 g/mol. The van der Waals surface area contributed by atoms with Crippen molar-refractivity contribution in [2.75, 3.05) is 18.6 Å². The van der Waals surface area contributed by atoms with Crippen LogP contribution in [0, 0.1) is 5.92 Å². The van der Waals surface area contributed by atoms with Gasteiger partial charge in [0.2, 0.25) is 5.91 Å². The first kappa shape index (κ1) is 15.6. The van der Waals surface area contributed by atoms with Gasteiger partial charge < -0.3 is 9.32 Å². The van der Waals surface area contributed by atoms with Crippen LogP contribution in [0.3, 0.4) is 0 Å². The minimum Gasteiger partial charge on any atom is -0.466 e. The van der Waals surface area contributed by atoms with E-state index in [1.54, 1.807) is 11.9 Å². The third-order valence-corrected chi connectivity index (χ3v) is 6.64. The van der Waals surface area contributed by atoms with E-state index in [-0.39, 0.29) is 23.5 Å². The highest BCUT2D eigenvalue weighted by molar-refractivity contribution is 7.91. The predicted octanol–water partition coefficient (Wildman–Crippen LogP) is 1.98. The lowest BCUT2D eigenvalue weighted by Crippen LogP contribution is -2.37. The van der Waals surface area contributed by atoms with Gasteiger partial charge in [0.05, 0.1) is 11.5 Å². The second-order valence-corrected chi connectivity index (χ2v) is 8.91. The molecule has 2 heterocycles. The molecule has 3 atom stereocenters. The lowest BCUT2D eigenvalue weighted by Gasteiger charge is -2.23. The van der Waals surface area contributed by atoms with Gasteiger partial charge in [0.25, 0.3) is 0 Å². The number of hydrogen-bond acceptors (Lipinski definition) is 4. The third-order valence-electron chi connectivity index (χ3n) is 4.89. The van der Waals surface area contributed by atoms with Gasteiger partial charge in [0, 0.05) is 31.8 Å². The Morgan fingerprint density at radius 2 is 2.14 bits per heavy atom. The molecule has 122 valence electrons. The molecule has 5 nitrogen and oxygen atoms in total. The fourth-order valence-corrected chi connectivity index (χ4v) is 4.91. The zero-order valence-electron chi connectivity index (χ0n) is 13.1. The number of hydrogen-bond donors (Lipinski definition) is 0. The van der Waals surface area contributed by atoms with Gasteiger partial charge in [-0.1, -0.05) is 6.92 Å². The van der Waals surface area contributed by atoms with E-state index in [2.05, 4.69) is 6.92 Å². The molecule has 0 spiro atoms. The van der Waals surface area contributed by atoms with Crippen LogP contribution in [0.15, 0.2) is 16.5 Å². The van der Waals surface area contributed by atoms with Crippen molar-refractivity contribution in [3.63, 3.8) is 0 Å². The highest BCUT2D eigenvalue weighted by Gasteiger charge is 2.36. The molecule has 0 radical (unpaired) electrons. The summed E-state index contributed by atoms with van der Waals surface area (Å²) < 4.78 is 28.8. The van der Waals surface area contributed by atoms with Gasteiger partial charge in [-0.15, -0.1) is 0 Å². The van der Waals surface area contributed by atoms with Crippen LogP contribution < -0.4 is 0 Å². The minimum atomic E-state index is -2.96. The van der Waals surface area contributed by atoms with Crippen LogP contribution in [-0.2, 0) is 21.1 Å². The van der Waals surface area contributed by atoms with Crippen LogP contribution >= 0.6 is 0 Å². The van der Waals surface area contributed by atoms with E-state index in [0.29, 0.717) is 31.1 Å². The Bertz CT molecular complexity index is 663. The van der Waals surface area contributed by atoms with E-state index < -0.39 is 9.84 Å². The molecule has 0 N–H and O–H groups in total. The molecule has 1 aromatic rings. The summed E-state index contributed by atoms with van der Waals surface area (Å²) in [5, 5.41) is 0. The quantitative estimate of drug-likeness (QED) is 0.830. The number of carbonyl (C=O) groups excluding carboxylic acids is 1. The number of carbonyl (C=O) groups is 1. The lowest BCUT2D eigenvalue weighted by atomic mass is 10.2. The van der Waals surface area contributed by atoms with Gasteiger partial charge in [0.1, 0.15) is 11.5 Å². The molecule has 0 bridgehead atoms. The van der Waals surface area contributed by atoms with E-state index in [4.69, 9.17) is 4.42 Å². The Balaban J connectivity index is 1.50. The molecule has 0 aromatic carbocycles. The largest absolute Gasteiger partial charge is 0.466 e. The third kappa shape index (κ3) is 3.37. The zero-order valence-corrected chi connectivity index (χ0v) is 13.9. The SMILES string of the molecule is C[C@@H]1C[C@@H]1c1ccc(CCC(=O)N(C)[C@@H]2CCS(=O)(=O)C2)o1. The first-order chi connectivity index (χ1) is 10.4. The van der Waals surface area contributed by atoms with Gasteiger partial charge in [0.15, 0.2) is 9.84 Å². The molecule has 0 unspecified atom stereocenters. The standard InChI is InChI=1S/C16H23NO4S/c1-11-9-14(11)15-5-3-13(21-15)4-6-16(18)17(2)12-7-8-22(19,20)10-12/h3,5,11-12,14H,4,6-10H2,1-2H3/t11-,12-,14+/m1/s1. The van der Waals surface area contributed by atoms with Gasteiger partial charge in [-0.3, -0.25) is 4.79 Å². The molecule has 1 amide bonds. The number of rotatable bonds is 5. The smallest absolute Gasteiger partial charge is 0.223 e. The van der Waals surface area contributed by atoms with Gasteiger partial charge in [-0.05, 0) is 30.9 Å². The Morgan fingerprint density at radius 1 is 1.41 bits per heavy atom. The lowest BCUT2D eigenvalue weighted by molar-refractivity contribution is -0.131. The van der Waals surface area contributed by atoms with E-state index in [0.717, 1.165) is 11.5 Å². The molecule has 1 aliphatic heterocycles. The molecular weight excluding hydrogens is 302 g/mol. The van der Waals surface area contributed by atoms with Crippen molar-refractivity contribution in [2.45, 2.75) is 44.6 Å². The minimum absolute atomic E-state index is 0.0140. The molecule has 2 fully saturated rings. The van der Waals surface area contributed by atoms with Gasteiger partial charge in [-0.2, -0.15) is 0 Å². The molecule has 3 rings (SSSR count). The fourth-order valence-electron chi connectivity index (χ4n) is 3.14. The summed E-state index contributed by atoms with van der Waals surface area (Å²) in [4.78, 5) is 13.8. The molecule has 1 aromatic heterocycles. The summed E-state index contributed by atoms with van der Waals surface area (Å²) in [5.74, 6) is 3.41. The van der Waals surface area contributed by atoms with Crippen LogP contribution in [-0.4, -0.2) is 43.8 Å². The molecule has 1 saturated carbocycles. The van der Waals surface area contributed by atoms with Crippen LogP contribution in [0.1, 0.15) is 43.6 Å². The van der Waals surface area contributed by atoms with E-state index >= 15 is 0 Å². The van der Waals surface area contributed by atoms with Crippen LogP contribution in [0.2, 0.25) is 0 Å². The fraction of sp³-hybridized carbons (Fsp3) is 0.688. The van der Waals surface area contributed by atoms with E-state index in [9.17, 15) is 13.2 Å². The molecule has 22 heavy (non-hydrogen) atoms. The maximum absolute atomic E-state index is 12.2. The Hall–Kier alpha value is -1.30. The van der Waals surface area contributed by atoms with Gasteiger partial charge in [-0.25, -0.2) is 8.42 Å². The number of nitrogens with zero attached hydrogens (tertiary/aromatic N) is 1.